The van der Waals surface area contributed by atoms with Gasteiger partial charge in [-0.25, -0.2) is 4.39 Å². The van der Waals surface area contributed by atoms with Crippen LogP contribution in [0.2, 0.25) is 0 Å². The van der Waals surface area contributed by atoms with Crippen molar-refractivity contribution >= 4 is 5.78 Å². The molecule has 1 aromatic rings. The van der Waals surface area contributed by atoms with Crippen LogP contribution in [0.4, 0.5) is 4.39 Å². The summed E-state index contributed by atoms with van der Waals surface area (Å²) >= 11 is 0. The van der Waals surface area contributed by atoms with Gasteiger partial charge in [0.05, 0.1) is 6.54 Å². The topological polar surface area (TPSA) is 29.1 Å². The second-order valence-corrected chi connectivity index (χ2v) is 4.99. The Bertz CT molecular complexity index is 393. The van der Waals surface area contributed by atoms with Crippen LogP contribution >= 0.6 is 0 Å². The van der Waals surface area contributed by atoms with E-state index in [1.54, 1.807) is 13.0 Å². The molecule has 88 valence electrons. The molecule has 0 aliphatic rings. The summed E-state index contributed by atoms with van der Waals surface area (Å²) in [5.74, 6) is -0.293. The Labute approximate surface area is 95.9 Å². The zero-order valence-corrected chi connectivity index (χ0v) is 10.2. The highest BCUT2D eigenvalue weighted by Crippen LogP contribution is 2.10. The normalized spacial score (nSPS) is 11.6. The van der Waals surface area contributed by atoms with Crippen molar-refractivity contribution < 1.29 is 9.18 Å². The SMILES string of the molecule is Cc1cc(C(=O)CNC(C)(C)C)ccc1F. The molecule has 16 heavy (non-hydrogen) atoms. The Hall–Kier alpha value is -1.22. The third-order valence-electron chi connectivity index (χ3n) is 2.26. The van der Waals surface area contributed by atoms with Gasteiger partial charge in [-0.05, 0) is 51.5 Å². The lowest BCUT2D eigenvalue weighted by molar-refractivity contribution is 0.0982. The molecule has 1 aromatic carbocycles. The largest absolute Gasteiger partial charge is 0.305 e. The molecule has 0 radical (unpaired) electrons. The van der Waals surface area contributed by atoms with Crippen LogP contribution < -0.4 is 5.32 Å². The summed E-state index contributed by atoms with van der Waals surface area (Å²) in [5, 5.41) is 3.11. The lowest BCUT2D eigenvalue weighted by Gasteiger charge is -2.19. The third-order valence-corrected chi connectivity index (χ3v) is 2.26. The minimum atomic E-state index is -0.277. The number of hydrogen-bond donors (Lipinski definition) is 1. The lowest BCUT2D eigenvalue weighted by atomic mass is 10.1. The number of carbonyl (C=O) groups excluding carboxylic acids is 1. The molecule has 0 aliphatic heterocycles. The van der Waals surface area contributed by atoms with Crippen molar-refractivity contribution in [3.05, 3.63) is 35.1 Å². The summed E-state index contributed by atoms with van der Waals surface area (Å²) in [4.78, 5) is 11.8. The predicted octanol–water partition coefficient (Wildman–Crippen LogP) is 2.70. The van der Waals surface area contributed by atoms with Crippen molar-refractivity contribution in [2.45, 2.75) is 33.2 Å². The van der Waals surface area contributed by atoms with Crippen molar-refractivity contribution in [2.75, 3.05) is 6.54 Å². The molecule has 0 aromatic heterocycles. The number of nitrogens with one attached hydrogen (secondary N) is 1. The maximum absolute atomic E-state index is 13.0. The zero-order valence-electron chi connectivity index (χ0n) is 10.2. The number of halogens is 1. The van der Waals surface area contributed by atoms with E-state index in [2.05, 4.69) is 5.32 Å². The van der Waals surface area contributed by atoms with Gasteiger partial charge in [0.1, 0.15) is 5.82 Å². The average Bonchev–Trinajstić information content (AvgIpc) is 2.17. The van der Waals surface area contributed by atoms with Crippen LogP contribution in [0.1, 0.15) is 36.7 Å². The standard InChI is InChI=1S/C13H18FNO/c1-9-7-10(5-6-11(9)14)12(16)8-15-13(2,3)4/h5-7,15H,8H2,1-4H3. The van der Waals surface area contributed by atoms with E-state index in [1.165, 1.54) is 12.1 Å². The van der Waals surface area contributed by atoms with Crippen LogP contribution in [0, 0.1) is 12.7 Å². The number of aryl methyl sites for hydroxylation is 1. The summed E-state index contributed by atoms with van der Waals surface area (Å²) < 4.78 is 13.0. The van der Waals surface area contributed by atoms with Gasteiger partial charge < -0.3 is 5.32 Å². The van der Waals surface area contributed by atoms with Crippen LogP contribution in [-0.4, -0.2) is 17.9 Å². The van der Waals surface area contributed by atoms with Gasteiger partial charge in [-0.1, -0.05) is 0 Å². The highest BCUT2D eigenvalue weighted by atomic mass is 19.1. The molecule has 0 spiro atoms. The van der Waals surface area contributed by atoms with Crippen molar-refractivity contribution in [3.63, 3.8) is 0 Å². The van der Waals surface area contributed by atoms with E-state index in [-0.39, 0.29) is 23.7 Å². The minimum Gasteiger partial charge on any atom is -0.305 e. The summed E-state index contributed by atoms with van der Waals surface area (Å²) in [7, 11) is 0. The molecule has 0 fully saturated rings. The Kier molecular flexibility index (Phi) is 3.81. The highest BCUT2D eigenvalue weighted by Gasteiger charge is 2.13. The number of carbonyl (C=O) groups is 1. The maximum atomic E-state index is 13.0. The zero-order chi connectivity index (χ0) is 12.3. The molecule has 0 saturated heterocycles. The molecule has 1 N–H and O–H groups in total. The summed E-state index contributed by atoms with van der Waals surface area (Å²) in [5.41, 5.74) is 0.960. The summed E-state index contributed by atoms with van der Waals surface area (Å²) in [6.07, 6.45) is 0. The predicted molar refractivity (Wildman–Crippen MR) is 63.2 cm³/mol. The van der Waals surface area contributed by atoms with Gasteiger partial charge in [0, 0.05) is 11.1 Å². The smallest absolute Gasteiger partial charge is 0.176 e. The third kappa shape index (κ3) is 3.74. The van der Waals surface area contributed by atoms with Crippen molar-refractivity contribution in [1.29, 1.82) is 0 Å². The Morgan fingerprint density at radius 3 is 2.50 bits per heavy atom. The Morgan fingerprint density at radius 1 is 1.38 bits per heavy atom. The molecule has 3 heteroatoms. The average molecular weight is 223 g/mol. The van der Waals surface area contributed by atoms with Crippen LogP contribution in [0.5, 0.6) is 0 Å². The van der Waals surface area contributed by atoms with E-state index in [9.17, 15) is 9.18 Å². The molecule has 1 rings (SSSR count). The molecular formula is C13H18FNO. The molecule has 0 saturated carbocycles. The van der Waals surface area contributed by atoms with Crippen molar-refractivity contribution in [3.8, 4) is 0 Å². The number of Topliss-reactive ketones (excluding diaryl/α,β-unsaturated/α-hetero) is 1. The van der Waals surface area contributed by atoms with Crippen LogP contribution in [0.25, 0.3) is 0 Å². The van der Waals surface area contributed by atoms with Gasteiger partial charge in [-0.15, -0.1) is 0 Å². The molecule has 0 unspecified atom stereocenters. The van der Waals surface area contributed by atoms with E-state index in [1.807, 2.05) is 20.8 Å². The van der Waals surface area contributed by atoms with Gasteiger partial charge in [-0.3, -0.25) is 4.79 Å². The fourth-order valence-electron chi connectivity index (χ4n) is 1.27. The van der Waals surface area contributed by atoms with E-state index in [0.29, 0.717) is 11.1 Å². The molecule has 0 heterocycles. The molecule has 2 nitrogen and oxygen atoms in total. The number of hydrogen-bond acceptors (Lipinski definition) is 2. The quantitative estimate of drug-likeness (QED) is 0.798. The van der Waals surface area contributed by atoms with Gasteiger partial charge in [-0.2, -0.15) is 0 Å². The Balaban J connectivity index is 2.70. The number of ketones is 1. The van der Waals surface area contributed by atoms with Gasteiger partial charge in [0.15, 0.2) is 5.78 Å². The first-order valence-electron chi connectivity index (χ1n) is 5.34. The fourth-order valence-corrected chi connectivity index (χ4v) is 1.27. The van der Waals surface area contributed by atoms with Crippen LogP contribution in [0.3, 0.4) is 0 Å². The minimum absolute atomic E-state index is 0.0157. The summed E-state index contributed by atoms with van der Waals surface area (Å²) in [6.45, 7) is 7.92. The monoisotopic (exact) mass is 223 g/mol. The first-order chi connectivity index (χ1) is 7.29. The number of benzene rings is 1. The second kappa shape index (κ2) is 4.74. The van der Waals surface area contributed by atoms with Crippen molar-refractivity contribution in [1.82, 2.24) is 5.32 Å². The molecule has 0 aliphatic carbocycles. The van der Waals surface area contributed by atoms with E-state index >= 15 is 0 Å². The second-order valence-electron chi connectivity index (χ2n) is 4.99. The van der Waals surface area contributed by atoms with Gasteiger partial charge in [0.2, 0.25) is 0 Å². The first kappa shape index (κ1) is 12.8. The lowest BCUT2D eigenvalue weighted by Crippen LogP contribution is -2.39. The Morgan fingerprint density at radius 2 is 2.00 bits per heavy atom. The summed E-state index contributed by atoms with van der Waals surface area (Å²) in [6, 6.07) is 4.44. The molecule has 0 bridgehead atoms. The van der Waals surface area contributed by atoms with Crippen molar-refractivity contribution in [2.24, 2.45) is 0 Å². The van der Waals surface area contributed by atoms with E-state index in [0.717, 1.165) is 0 Å². The van der Waals surface area contributed by atoms with Crippen LogP contribution in [0.15, 0.2) is 18.2 Å². The molecular weight excluding hydrogens is 205 g/mol. The molecule has 0 atom stereocenters. The van der Waals surface area contributed by atoms with Gasteiger partial charge in [0.25, 0.3) is 0 Å². The van der Waals surface area contributed by atoms with E-state index < -0.39 is 0 Å². The van der Waals surface area contributed by atoms with E-state index in [4.69, 9.17) is 0 Å². The highest BCUT2D eigenvalue weighted by molar-refractivity contribution is 5.97. The number of rotatable bonds is 3. The first-order valence-corrected chi connectivity index (χ1v) is 5.34. The van der Waals surface area contributed by atoms with Gasteiger partial charge >= 0.3 is 0 Å². The fraction of sp³-hybridized carbons (Fsp3) is 0.462. The van der Waals surface area contributed by atoms with Crippen LogP contribution in [-0.2, 0) is 0 Å². The maximum Gasteiger partial charge on any atom is 0.176 e. The molecule has 0 amide bonds.